The van der Waals surface area contributed by atoms with Crippen LogP contribution in [0.5, 0.6) is 0 Å². The summed E-state index contributed by atoms with van der Waals surface area (Å²) in [6.45, 7) is 8.66. The predicted molar refractivity (Wildman–Crippen MR) is 57.2 cm³/mol. The van der Waals surface area contributed by atoms with Crippen LogP contribution in [-0.4, -0.2) is 14.9 Å². The molecule has 3 nitrogen and oxygen atoms in total. The van der Waals surface area contributed by atoms with Crippen molar-refractivity contribution in [1.82, 2.24) is 9.78 Å². The van der Waals surface area contributed by atoms with E-state index in [9.17, 15) is 5.11 Å². The minimum Gasteiger partial charge on any atom is -0.392 e. The minimum absolute atomic E-state index is 0.0872. The molecule has 1 unspecified atom stereocenters. The van der Waals surface area contributed by atoms with Gasteiger partial charge in [0, 0.05) is 17.3 Å². The monoisotopic (exact) mass is 196 g/mol. The zero-order chi connectivity index (χ0) is 10.7. The average molecular weight is 196 g/mol. The first-order valence-electron chi connectivity index (χ1n) is 5.28. The molecule has 0 radical (unpaired) electrons. The van der Waals surface area contributed by atoms with Crippen LogP contribution >= 0.6 is 0 Å². The van der Waals surface area contributed by atoms with E-state index in [1.807, 2.05) is 4.68 Å². The Labute approximate surface area is 85.8 Å². The molecule has 1 atom stereocenters. The van der Waals surface area contributed by atoms with Gasteiger partial charge in [0.25, 0.3) is 0 Å². The summed E-state index contributed by atoms with van der Waals surface area (Å²) < 4.78 is 2.04. The topological polar surface area (TPSA) is 38.0 Å². The van der Waals surface area contributed by atoms with Crippen LogP contribution in [0.25, 0.3) is 0 Å². The fraction of sp³-hybridized carbons (Fsp3) is 0.727. The smallest absolute Gasteiger partial charge is 0.0715 e. The molecule has 0 aliphatic carbocycles. The molecule has 0 saturated carbocycles. The first-order chi connectivity index (χ1) is 6.61. The Morgan fingerprint density at radius 2 is 2.07 bits per heavy atom. The number of aromatic nitrogens is 2. The largest absolute Gasteiger partial charge is 0.392 e. The van der Waals surface area contributed by atoms with Crippen LogP contribution in [0.1, 0.15) is 57.3 Å². The Morgan fingerprint density at radius 1 is 1.43 bits per heavy atom. The van der Waals surface area contributed by atoms with Gasteiger partial charge in [-0.25, -0.2) is 0 Å². The van der Waals surface area contributed by atoms with Crippen molar-refractivity contribution in [3.8, 4) is 0 Å². The van der Waals surface area contributed by atoms with Gasteiger partial charge < -0.3 is 5.11 Å². The maximum Gasteiger partial charge on any atom is 0.0715 e. The third kappa shape index (κ3) is 1.98. The molecule has 0 fully saturated rings. The van der Waals surface area contributed by atoms with Crippen molar-refractivity contribution < 1.29 is 5.11 Å². The Hall–Kier alpha value is -0.830. The molecule has 0 aromatic carbocycles. The first-order valence-corrected chi connectivity index (χ1v) is 5.28. The molecule has 80 valence electrons. The standard InChI is InChI=1S/C11H20N2O/c1-5-9(4)13-11(8(2)3)10(7-14)6-12-13/h6,8-9,14H,5,7H2,1-4H3. The normalized spacial score (nSPS) is 13.6. The second-order valence-electron chi connectivity index (χ2n) is 4.07. The van der Waals surface area contributed by atoms with Crippen molar-refractivity contribution in [2.24, 2.45) is 0 Å². The van der Waals surface area contributed by atoms with E-state index in [-0.39, 0.29) is 6.61 Å². The number of aliphatic hydroxyl groups is 1. The second-order valence-corrected chi connectivity index (χ2v) is 4.07. The summed E-state index contributed by atoms with van der Waals surface area (Å²) >= 11 is 0. The third-order valence-corrected chi connectivity index (χ3v) is 2.64. The Kier molecular flexibility index (Phi) is 3.69. The van der Waals surface area contributed by atoms with E-state index in [4.69, 9.17) is 0 Å². The molecule has 3 heteroatoms. The lowest BCUT2D eigenvalue weighted by Crippen LogP contribution is -2.11. The van der Waals surface area contributed by atoms with Gasteiger partial charge in [-0.1, -0.05) is 20.8 Å². The fourth-order valence-electron chi connectivity index (χ4n) is 1.69. The summed E-state index contributed by atoms with van der Waals surface area (Å²) in [5, 5.41) is 13.5. The second kappa shape index (κ2) is 4.60. The quantitative estimate of drug-likeness (QED) is 0.803. The molecule has 0 spiro atoms. The molecule has 0 aliphatic rings. The van der Waals surface area contributed by atoms with Crippen molar-refractivity contribution in [2.75, 3.05) is 0 Å². The van der Waals surface area contributed by atoms with E-state index in [0.717, 1.165) is 12.0 Å². The molecule has 1 rings (SSSR count). The van der Waals surface area contributed by atoms with Crippen molar-refractivity contribution in [3.05, 3.63) is 17.5 Å². The van der Waals surface area contributed by atoms with Crippen LogP contribution in [-0.2, 0) is 6.61 Å². The Morgan fingerprint density at radius 3 is 2.50 bits per heavy atom. The van der Waals surface area contributed by atoms with E-state index in [0.29, 0.717) is 12.0 Å². The molecular weight excluding hydrogens is 176 g/mol. The highest BCUT2D eigenvalue weighted by Crippen LogP contribution is 2.23. The molecule has 0 amide bonds. The van der Waals surface area contributed by atoms with E-state index < -0.39 is 0 Å². The lowest BCUT2D eigenvalue weighted by molar-refractivity contribution is 0.279. The predicted octanol–water partition coefficient (Wildman–Crippen LogP) is 2.47. The van der Waals surface area contributed by atoms with Gasteiger partial charge in [-0.05, 0) is 19.3 Å². The highest BCUT2D eigenvalue weighted by atomic mass is 16.3. The molecule has 0 aliphatic heterocycles. The van der Waals surface area contributed by atoms with Crippen molar-refractivity contribution in [2.45, 2.75) is 52.7 Å². The van der Waals surface area contributed by atoms with Crippen molar-refractivity contribution in [3.63, 3.8) is 0 Å². The first kappa shape index (κ1) is 11.2. The molecular formula is C11H20N2O. The molecule has 0 bridgehead atoms. The summed E-state index contributed by atoms with van der Waals surface area (Å²) in [6, 6.07) is 0.410. The molecule has 1 N–H and O–H groups in total. The zero-order valence-electron chi connectivity index (χ0n) is 9.49. The maximum absolute atomic E-state index is 9.18. The summed E-state index contributed by atoms with van der Waals surface area (Å²) in [5.74, 6) is 0.411. The number of hydrogen-bond acceptors (Lipinski definition) is 2. The van der Waals surface area contributed by atoms with Crippen LogP contribution in [0.4, 0.5) is 0 Å². The summed E-state index contributed by atoms with van der Waals surface area (Å²) in [4.78, 5) is 0. The third-order valence-electron chi connectivity index (χ3n) is 2.64. The van der Waals surface area contributed by atoms with E-state index in [2.05, 4.69) is 32.8 Å². The van der Waals surface area contributed by atoms with E-state index in [1.165, 1.54) is 5.69 Å². The Balaban J connectivity index is 3.10. The molecule has 1 aromatic rings. The number of rotatable bonds is 4. The molecule has 1 heterocycles. The molecule has 1 aromatic heterocycles. The van der Waals surface area contributed by atoms with E-state index >= 15 is 0 Å². The zero-order valence-corrected chi connectivity index (χ0v) is 9.49. The van der Waals surface area contributed by atoms with E-state index in [1.54, 1.807) is 6.20 Å². The van der Waals surface area contributed by atoms with Gasteiger partial charge in [0.1, 0.15) is 0 Å². The Bertz CT molecular complexity index is 291. The number of hydrogen-bond donors (Lipinski definition) is 1. The average Bonchev–Trinajstić information content (AvgIpc) is 2.59. The van der Waals surface area contributed by atoms with Crippen LogP contribution in [0, 0.1) is 0 Å². The van der Waals surface area contributed by atoms with Crippen molar-refractivity contribution >= 4 is 0 Å². The van der Waals surface area contributed by atoms with Crippen LogP contribution < -0.4 is 0 Å². The van der Waals surface area contributed by atoms with Gasteiger partial charge in [-0.3, -0.25) is 4.68 Å². The van der Waals surface area contributed by atoms with Gasteiger partial charge in [0.15, 0.2) is 0 Å². The van der Waals surface area contributed by atoms with Gasteiger partial charge in [0.05, 0.1) is 12.8 Å². The summed E-state index contributed by atoms with van der Waals surface area (Å²) in [6.07, 6.45) is 2.84. The van der Waals surface area contributed by atoms with Gasteiger partial charge in [-0.15, -0.1) is 0 Å². The van der Waals surface area contributed by atoms with Gasteiger partial charge >= 0.3 is 0 Å². The van der Waals surface area contributed by atoms with Gasteiger partial charge in [-0.2, -0.15) is 5.10 Å². The van der Waals surface area contributed by atoms with Gasteiger partial charge in [0.2, 0.25) is 0 Å². The van der Waals surface area contributed by atoms with Crippen molar-refractivity contribution in [1.29, 1.82) is 0 Å². The fourth-order valence-corrected chi connectivity index (χ4v) is 1.69. The highest BCUT2D eigenvalue weighted by molar-refractivity contribution is 5.20. The number of aliphatic hydroxyl groups excluding tert-OH is 1. The lowest BCUT2D eigenvalue weighted by Gasteiger charge is -2.17. The lowest BCUT2D eigenvalue weighted by atomic mass is 10.1. The van der Waals surface area contributed by atoms with Crippen LogP contribution in [0.15, 0.2) is 6.20 Å². The summed E-state index contributed by atoms with van der Waals surface area (Å²) in [7, 11) is 0. The number of nitrogens with zero attached hydrogens (tertiary/aromatic N) is 2. The molecule has 14 heavy (non-hydrogen) atoms. The van der Waals surface area contributed by atoms with Crippen LogP contribution in [0.3, 0.4) is 0 Å². The minimum atomic E-state index is 0.0872. The molecule has 0 saturated heterocycles. The SMILES string of the molecule is CCC(C)n1ncc(CO)c1C(C)C. The maximum atomic E-state index is 9.18. The highest BCUT2D eigenvalue weighted by Gasteiger charge is 2.16. The van der Waals surface area contributed by atoms with Crippen LogP contribution in [0.2, 0.25) is 0 Å². The summed E-state index contributed by atoms with van der Waals surface area (Å²) in [5.41, 5.74) is 2.13.